The molecule has 2 aromatic rings. The monoisotopic (exact) mass is 292 g/mol. The van der Waals surface area contributed by atoms with Gasteiger partial charge in [0.15, 0.2) is 11.5 Å². The lowest BCUT2D eigenvalue weighted by atomic mass is 10.1. The van der Waals surface area contributed by atoms with Crippen molar-refractivity contribution >= 4 is 11.3 Å². The molecule has 0 aliphatic rings. The minimum absolute atomic E-state index is 0.176. The van der Waals surface area contributed by atoms with Crippen molar-refractivity contribution in [3.8, 4) is 11.5 Å². The SMILES string of the molecule is CCOc1cc(CNC(C)(C)c2nccs2)ccc1O. The van der Waals surface area contributed by atoms with Gasteiger partial charge in [0.1, 0.15) is 5.01 Å². The number of thiazole rings is 1. The lowest BCUT2D eigenvalue weighted by molar-refractivity contribution is 0.317. The number of phenolic OH excluding ortho intramolecular Hbond substituents is 1. The number of ether oxygens (including phenoxy) is 1. The van der Waals surface area contributed by atoms with Crippen LogP contribution >= 0.6 is 11.3 Å². The van der Waals surface area contributed by atoms with Crippen molar-refractivity contribution in [1.29, 1.82) is 0 Å². The fraction of sp³-hybridized carbons (Fsp3) is 0.400. The van der Waals surface area contributed by atoms with E-state index in [2.05, 4.69) is 24.1 Å². The molecule has 108 valence electrons. The van der Waals surface area contributed by atoms with Crippen LogP contribution in [0.3, 0.4) is 0 Å². The molecular weight excluding hydrogens is 272 g/mol. The number of phenols is 1. The van der Waals surface area contributed by atoms with E-state index in [0.29, 0.717) is 18.9 Å². The van der Waals surface area contributed by atoms with Crippen LogP contribution in [0, 0.1) is 0 Å². The highest BCUT2D eigenvalue weighted by molar-refractivity contribution is 7.09. The average Bonchev–Trinajstić information content (AvgIpc) is 2.95. The second-order valence-corrected chi connectivity index (χ2v) is 5.95. The molecule has 0 aliphatic carbocycles. The first kappa shape index (κ1) is 14.8. The van der Waals surface area contributed by atoms with Crippen molar-refractivity contribution in [1.82, 2.24) is 10.3 Å². The summed E-state index contributed by atoms with van der Waals surface area (Å²) in [6.07, 6.45) is 1.82. The smallest absolute Gasteiger partial charge is 0.161 e. The van der Waals surface area contributed by atoms with Crippen molar-refractivity contribution in [3.63, 3.8) is 0 Å². The number of nitrogens with one attached hydrogen (secondary N) is 1. The highest BCUT2D eigenvalue weighted by Gasteiger charge is 2.22. The van der Waals surface area contributed by atoms with E-state index in [9.17, 15) is 5.11 Å². The number of hydrogen-bond donors (Lipinski definition) is 2. The molecule has 2 N–H and O–H groups in total. The van der Waals surface area contributed by atoms with Crippen LogP contribution in [0.2, 0.25) is 0 Å². The molecule has 0 saturated carbocycles. The summed E-state index contributed by atoms with van der Waals surface area (Å²) < 4.78 is 5.39. The van der Waals surface area contributed by atoms with E-state index in [4.69, 9.17) is 4.74 Å². The van der Waals surface area contributed by atoms with Crippen LogP contribution in [0.1, 0.15) is 31.3 Å². The minimum Gasteiger partial charge on any atom is -0.504 e. The topological polar surface area (TPSA) is 54.4 Å². The highest BCUT2D eigenvalue weighted by atomic mass is 32.1. The average molecular weight is 292 g/mol. The number of rotatable bonds is 6. The third-order valence-corrected chi connectivity index (χ3v) is 4.12. The second kappa shape index (κ2) is 6.24. The Hall–Kier alpha value is -1.59. The van der Waals surface area contributed by atoms with E-state index < -0.39 is 0 Å². The van der Waals surface area contributed by atoms with Gasteiger partial charge in [0, 0.05) is 18.1 Å². The largest absolute Gasteiger partial charge is 0.504 e. The molecule has 0 fully saturated rings. The van der Waals surface area contributed by atoms with Crippen LogP contribution in [-0.4, -0.2) is 16.7 Å². The Morgan fingerprint density at radius 2 is 2.20 bits per heavy atom. The standard InChI is InChI=1S/C15H20N2O2S/c1-4-19-13-9-11(5-6-12(13)18)10-17-15(2,3)14-16-7-8-20-14/h5-9,17-18H,4,10H2,1-3H3. The molecule has 0 saturated heterocycles. The van der Waals surface area contributed by atoms with Crippen LogP contribution in [0.25, 0.3) is 0 Å². The van der Waals surface area contributed by atoms with Crippen molar-refractivity contribution < 1.29 is 9.84 Å². The summed E-state index contributed by atoms with van der Waals surface area (Å²) in [6.45, 7) is 7.34. The third kappa shape index (κ3) is 3.49. The first-order valence-corrected chi connectivity index (χ1v) is 7.50. The third-order valence-electron chi connectivity index (χ3n) is 3.03. The number of benzene rings is 1. The molecule has 0 atom stereocenters. The number of hydrogen-bond acceptors (Lipinski definition) is 5. The molecule has 0 amide bonds. The van der Waals surface area contributed by atoms with Gasteiger partial charge >= 0.3 is 0 Å². The summed E-state index contributed by atoms with van der Waals surface area (Å²) >= 11 is 1.64. The molecule has 1 aromatic heterocycles. The molecule has 20 heavy (non-hydrogen) atoms. The summed E-state index contributed by atoms with van der Waals surface area (Å²) in [5.74, 6) is 0.702. The van der Waals surface area contributed by atoms with Crippen LogP contribution in [-0.2, 0) is 12.1 Å². The quantitative estimate of drug-likeness (QED) is 0.858. The Balaban J connectivity index is 2.05. The Kier molecular flexibility index (Phi) is 4.62. The first-order valence-electron chi connectivity index (χ1n) is 6.62. The lowest BCUT2D eigenvalue weighted by Crippen LogP contribution is -2.35. The summed E-state index contributed by atoms with van der Waals surface area (Å²) in [6, 6.07) is 5.42. The Morgan fingerprint density at radius 1 is 1.40 bits per heavy atom. The van der Waals surface area contributed by atoms with Gasteiger partial charge in [0.25, 0.3) is 0 Å². The molecule has 2 rings (SSSR count). The van der Waals surface area contributed by atoms with Crippen LogP contribution in [0.5, 0.6) is 11.5 Å². The Labute approximate surface area is 123 Å². The van der Waals surface area contributed by atoms with Gasteiger partial charge in [0.05, 0.1) is 12.1 Å². The zero-order valence-corrected chi connectivity index (χ0v) is 12.8. The fourth-order valence-electron chi connectivity index (χ4n) is 1.87. The number of aromatic hydroxyl groups is 1. The van der Waals surface area contributed by atoms with E-state index in [1.54, 1.807) is 17.4 Å². The second-order valence-electron chi connectivity index (χ2n) is 5.05. The Morgan fingerprint density at radius 3 is 2.85 bits per heavy atom. The maximum absolute atomic E-state index is 9.69. The zero-order valence-electron chi connectivity index (χ0n) is 12.0. The maximum Gasteiger partial charge on any atom is 0.161 e. The van der Waals surface area contributed by atoms with Crippen molar-refractivity contribution in [2.24, 2.45) is 0 Å². The van der Waals surface area contributed by atoms with Crippen molar-refractivity contribution in [2.75, 3.05) is 6.61 Å². The van der Waals surface area contributed by atoms with Gasteiger partial charge in [-0.1, -0.05) is 6.07 Å². The number of nitrogens with zero attached hydrogens (tertiary/aromatic N) is 1. The predicted octanol–water partition coefficient (Wildman–Crippen LogP) is 3.27. The van der Waals surface area contributed by atoms with Gasteiger partial charge in [-0.2, -0.15) is 0 Å². The van der Waals surface area contributed by atoms with Crippen molar-refractivity contribution in [3.05, 3.63) is 40.3 Å². The van der Waals surface area contributed by atoms with E-state index >= 15 is 0 Å². The van der Waals surface area contributed by atoms with Gasteiger partial charge in [0.2, 0.25) is 0 Å². The lowest BCUT2D eigenvalue weighted by Gasteiger charge is -2.24. The van der Waals surface area contributed by atoms with E-state index in [1.165, 1.54) is 0 Å². The predicted molar refractivity (Wildman–Crippen MR) is 81.3 cm³/mol. The Bertz CT molecular complexity index is 553. The normalized spacial score (nSPS) is 11.6. The number of aromatic nitrogens is 1. The van der Waals surface area contributed by atoms with Crippen LogP contribution in [0.4, 0.5) is 0 Å². The van der Waals surface area contributed by atoms with Gasteiger partial charge in [-0.3, -0.25) is 0 Å². The minimum atomic E-state index is -0.183. The van der Waals surface area contributed by atoms with Crippen LogP contribution in [0.15, 0.2) is 29.8 Å². The molecule has 0 unspecified atom stereocenters. The molecule has 0 spiro atoms. The summed E-state index contributed by atoms with van der Waals surface area (Å²) in [7, 11) is 0. The van der Waals surface area contributed by atoms with Gasteiger partial charge < -0.3 is 15.2 Å². The van der Waals surface area contributed by atoms with Crippen LogP contribution < -0.4 is 10.1 Å². The van der Waals surface area contributed by atoms with Gasteiger partial charge in [-0.05, 0) is 38.5 Å². The molecule has 0 radical (unpaired) electrons. The van der Waals surface area contributed by atoms with E-state index in [1.807, 2.05) is 30.6 Å². The molecule has 0 aliphatic heterocycles. The first-order chi connectivity index (χ1) is 9.53. The maximum atomic E-state index is 9.69. The summed E-state index contributed by atoms with van der Waals surface area (Å²) in [5, 5.41) is 16.2. The molecule has 1 aromatic carbocycles. The highest BCUT2D eigenvalue weighted by Crippen LogP contribution is 2.28. The molecule has 4 nitrogen and oxygen atoms in total. The van der Waals surface area contributed by atoms with Crippen molar-refractivity contribution in [2.45, 2.75) is 32.9 Å². The van der Waals surface area contributed by atoms with Gasteiger partial charge in [-0.25, -0.2) is 4.98 Å². The van der Waals surface area contributed by atoms with E-state index in [0.717, 1.165) is 10.6 Å². The molecule has 0 bridgehead atoms. The summed E-state index contributed by atoms with van der Waals surface area (Å²) in [4.78, 5) is 4.35. The molecule has 5 heteroatoms. The van der Waals surface area contributed by atoms with Gasteiger partial charge in [-0.15, -0.1) is 11.3 Å². The fourth-order valence-corrected chi connectivity index (χ4v) is 2.61. The zero-order chi connectivity index (χ0) is 14.6. The van der Waals surface area contributed by atoms with E-state index in [-0.39, 0.29) is 11.3 Å². The molecule has 1 heterocycles. The molecular formula is C15H20N2O2S. The summed E-state index contributed by atoms with van der Waals surface area (Å²) in [5.41, 5.74) is 0.883.